The Morgan fingerprint density at radius 2 is 2.18 bits per heavy atom. The molecule has 0 spiro atoms. The van der Waals surface area contributed by atoms with Gasteiger partial charge in [-0.05, 0) is 61.9 Å². The number of rotatable bonds is 2. The molecule has 2 aromatic heterocycles. The van der Waals surface area contributed by atoms with Gasteiger partial charge in [-0.25, -0.2) is 4.98 Å². The second-order valence-corrected chi connectivity index (χ2v) is 6.00. The number of halogens is 2. The van der Waals surface area contributed by atoms with Crippen LogP contribution in [-0.4, -0.2) is 10.9 Å². The molecule has 1 amide bonds. The Labute approximate surface area is 120 Å². The number of carbonyl (C=O) groups excluding carboxylic acids is 1. The third-order valence-corrected chi connectivity index (χ3v) is 4.78. The molecule has 0 atom stereocenters. The lowest BCUT2D eigenvalue weighted by molar-refractivity contribution is 0.102. The summed E-state index contributed by atoms with van der Waals surface area (Å²) in [6.07, 6.45) is 1.68. The first kappa shape index (κ1) is 12.7. The van der Waals surface area contributed by atoms with Gasteiger partial charge in [0.05, 0.1) is 0 Å². The molecule has 2 rings (SSSR count). The topological polar surface area (TPSA) is 42.0 Å². The number of nitrogens with zero attached hydrogens (tertiary/aromatic N) is 1. The van der Waals surface area contributed by atoms with Crippen LogP contribution in [0.15, 0.2) is 32.7 Å². The number of amides is 1. The minimum atomic E-state index is -0.152. The zero-order valence-electron chi connectivity index (χ0n) is 8.83. The molecule has 0 radical (unpaired) electrons. The molecule has 0 bridgehead atoms. The van der Waals surface area contributed by atoms with Gasteiger partial charge in [-0.2, -0.15) is 0 Å². The predicted molar refractivity (Wildman–Crippen MR) is 76.6 cm³/mol. The van der Waals surface area contributed by atoms with Crippen LogP contribution in [0.3, 0.4) is 0 Å². The summed E-state index contributed by atoms with van der Waals surface area (Å²) in [5.74, 6) is 0.400. The van der Waals surface area contributed by atoms with Crippen LogP contribution < -0.4 is 5.32 Å². The Kier molecular flexibility index (Phi) is 3.96. The van der Waals surface area contributed by atoms with Gasteiger partial charge in [-0.3, -0.25) is 4.79 Å². The lowest BCUT2D eigenvalue weighted by Crippen LogP contribution is -2.12. The third kappa shape index (κ3) is 2.94. The molecule has 0 saturated carbocycles. The van der Waals surface area contributed by atoms with E-state index in [9.17, 15) is 4.79 Å². The quantitative estimate of drug-likeness (QED) is 0.853. The van der Waals surface area contributed by atoms with Crippen LogP contribution >= 0.6 is 43.2 Å². The fraction of sp³-hybridized carbons (Fsp3) is 0.0909. The number of carbonyl (C=O) groups is 1. The fourth-order valence-electron chi connectivity index (χ4n) is 1.24. The molecule has 0 aliphatic carbocycles. The molecule has 0 aromatic carbocycles. The molecular weight excluding hydrogens is 368 g/mol. The highest BCUT2D eigenvalue weighted by Crippen LogP contribution is 2.24. The summed E-state index contributed by atoms with van der Waals surface area (Å²) in [7, 11) is 0. The average molecular weight is 376 g/mol. The Bertz CT molecular complexity index is 568. The molecule has 0 saturated heterocycles. The van der Waals surface area contributed by atoms with Crippen LogP contribution in [0.25, 0.3) is 0 Å². The Morgan fingerprint density at radius 3 is 2.76 bits per heavy atom. The molecule has 0 aliphatic heterocycles. The summed E-state index contributed by atoms with van der Waals surface area (Å²) in [5.41, 5.74) is 1.03. The minimum absolute atomic E-state index is 0.152. The van der Waals surface area contributed by atoms with E-state index in [2.05, 4.69) is 42.2 Å². The van der Waals surface area contributed by atoms with E-state index in [-0.39, 0.29) is 5.91 Å². The highest BCUT2D eigenvalue weighted by atomic mass is 79.9. The smallest absolute Gasteiger partial charge is 0.268 e. The van der Waals surface area contributed by atoms with Crippen LogP contribution in [-0.2, 0) is 0 Å². The van der Waals surface area contributed by atoms with Gasteiger partial charge in [0.1, 0.15) is 10.7 Å². The highest BCUT2D eigenvalue weighted by Gasteiger charge is 2.12. The van der Waals surface area contributed by atoms with Crippen molar-refractivity contribution in [2.45, 2.75) is 6.92 Å². The second kappa shape index (κ2) is 5.29. The van der Waals surface area contributed by atoms with Crippen molar-refractivity contribution in [2.24, 2.45) is 0 Å². The molecule has 88 valence electrons. The van der Waals surface area contributed by atoms with Gasteiger partial charge in [-0.15, -0.1) is 11.3 Å². The zero-order valence-corrected chi connectivity index (χ0v) is 12.8. The summed E-state index contributed by atoms with van der Waals surface area (Å²) in [4.78, 5) is 16.7. The maximum Gasteiger partial charge on any atom is 0.268 e. The maximum absolute atomic E-state index is 11.9. The van der Waals surface area contributed by atoms with Gasteiger partial charge < -0.3 is 5.32 Å². The summed E-state index contributed by atoms with van der Waals surface area (Å²) in [5, 5.41) is 4.62. The van der Waals surface area contributed by atoms with Crippen molar-refractivity contribution in [1.29, 1.82) is 0 Å². The van der Waals surface area contributed by atoms with E-state index in [4.69, 9.17) is 0 Å². The molecule has 1 N–H and O–H groups in total. The third-order valence-electron chi connectivity index (χ3n) is 2.11. The van der Waals surface area contributed by atoms with Gasteiger partial charge in [0.2, 0.25) is 0 Å². The minimum Gasteiger partial charge on any atom is -0.306 e. The largest absolute Gasteiger partial charge is 0.306 e. The number of aromatic nitrogens is 1. The number of hydrogen-bond acceptors (Lipinski definition) is 3. The van der Waals surface area contributed by atoms with Gasteiger partial charge in [0.25, 0.3) is 5.91 Å². The summed E-state index contributed by atoms with van der Waals surface area (Å²) in [6.45, 7) is 1.95. The molecule has 6 heteroatoms. The predicted octanol–water partition coefficient (Wildman–Crippen LogP) is 4.23. The summed E-state index contributed by atoms with van der Waals surface area (Å²) >= 11 is 8.08. The van der Waals surface area contributed by atoms with E-state index in [0.29, 0.717) is 10.7 Å². The number of nitrogens with one attached hydrogen (secondary N) is 1. The van der Waals surface area contributed by atoms with Gasteiger partial charge in [0.15, 0.2) is 0 Å². The van der Waals surface area contributed by atoms with Crippen molar-refractivity contribution < 1.29 is 4.79 Å². The molecule has 2 aromatic rings. The number of hydrogen-bond donors (Lipinski definition) is 1. The van der Waals surface area contributed by atoms with Crippen molar-refractivity contribution in [3.05, 3.63) is 43.1 Å². The molecule has 0 aliphatic rings. The van der Waals surface area contributed by atoms with Crippen LogP contribution in [0.5, 0.6) is 0 Å². The first-order chi connectivity index (χ1) is 8.08. The standard InChI is InChI=1S/C11H8Br2N2OS/c1-6-4-9(14-5-8(6)13)15-11(16)10-7(12)2-3-17-10/h2-5H,1H3,(H,14,15,16). The van der Waals surface area contributed by atoms with Crippen LogP contribution in [0.2, 0.25) is 0 Å². The Morgan fingerprint density at radius 1 is 1.41 bits per heavy atom. The summed E-state index contributed by atoms with van der Waals surface area (Å²) in [6, 6.07) is 3.67. The molecule has 0 unspecified atom stereocenters. The lowest BCUT2D eigenvalue weighted by Gasteiger charge is -2.05. The van der Waals surface area contributed by atoms with Crippen molar-refractivity contribution in [3.8, 4) is 0 Å². The molecular formula is C11H8Br2N2OS. The van der Waals surface area contributed by atoms with E-state index >= 15 is 0 Å². The van der Waals surface area contributed by atoms with Crippen molar-refractivity contribution >= 4 is 54.9 Å². The summed E-state index contributed by atoms with van der Waals surface area (Å²) < 4.78 is 1.72. The van der Waals surface area contributed by atoms with E-state index in [1.807, 2.05) is 24.4 Å². The van der Waals surface area contributed by atoms with Gasteiger partial charge in [-0.1, -0.05) is 0 Å². The number of thiophene rings is 1. The van der Waals surface area contributed by atoms with E-state index in [1.165, 1.54) is 11.3 Å². The lowest BCUT2D eigenvalue weighted by atomic mass is 10.3. The zero-order chi connectivity index (χ0) is 12.4. The van der Waals surface area contributed by atoms with Crippen LogP contribution in [0.4, 0.5) is 5.82 Å². The molecule has 3 nitrogen and oxygen atoms in total. The first-order valence-electron chi connectivity index (χ1n) is 4.74. The van der Waals surface area contributed by atoms with E-state index in [1.54, 1.807) is 6.20 Å². The maximum atomic E-state index is 11.9. The fourth-order valence-corrected chi connectivity index (χ4v) is 2.90. The molecule has 0 fully saturated rings. The van der Waals surface area contributed by atoms with Crippen molar-refractivity contribution in [3.63, 3.8) is 0 Å². The number of aryl methyl sites for hydroxylation is 1. The second-order valence-electron chi connectivity index (χ2n) is 3.37. The molecule has 2 heterocycles. The highest BCUT2D eigenvalue weighted by molar-refractivity contribution is 9.10. The normalized spacial score (nSPS) is 10.3. The number of anilines is 1. The van der Waals surface area contributed by atoms with Crippen LogP contribution in [0, 0.1) is 6.92 Å². The number of pyridine rings is 1. The first-order valence-corrected chi connectivity index (χ1v) is 7.21. The Hall–Kier alpha value is -0.720. The SMILES string of the molecule is Cc1cc(NC(=O)c2sccc2Br)ncc1Br. The van der Waals surface area contributed by atoms with E-state index < -0.39 is 0 Å². The van der Waals surface area contributed by atoms with Crippen LogP contribution in [0.1, 0.15) is 15.2 Å². The van der Waals surface area contributed by atoms with E-state index in [0.717, 1.165) is 14.5 Å². The van der Waals surface area contributed by atoms with Crippen molar-refractivity contribution in [2.75, 3.05) is 5.32 Å². The Balaban J connectivity index is 2.19. The van der Waals surface area contributed by atoms with Gasteiger partial charge in [0, 0.05) is 15.1 Å². The monoisotopic (exact) mass is 374 g/mol. The van der Waals surface area contributed by atoms with Crippen molar-refractivity contribution in [1.82, 2.24) is 4.98 Å². The average Bonchev–Trinajstić information content (AvgIpc) is 2.70. The molecule has 17 heavy (non-hydrogen) atoms. The van der Waals surface area contributed by atoms with Gasteiger partial charge >= 0.3 is 0 Å².